The number of hydrogen-bond acceptors (Lipinski definition) is 2. The maximum absolute atomic E-state index is 11.8. The maximum Gasteiger partial charge on any atom is 0.315 e. The molecule has 1 saturated carbocycles. The van der Waals surface area contributed by atoms with Crippen LogP contribution in [0.5, 0.6) is 5.75 Å². The summed E-state index contributed by atoms with van der Waals surface area (Å²) in [6.07, 6.45) is 6.90. The van der Waals surface area contributed by atoms with E-state index in [0.29, 0.717) is 19.2 Å². The number of rotatable bonds is 6. The van der Waals surface area contributed by atoms with Crippen LogP contribution >= 0.6 is 0 Å². The van der Waals surface area contributed by atoms with E-state index in [9.17, 15) is 4.79 Å². The highest BCUT2D eigenvalue weighted by molar-refractivity contribution is 5.74. The second-order valence-electron chi connectivity index (χ2n) is 5.54. The number of carbonyl (C=O) groups excluding carboxylic acids is 1. The number of benzene rings is 1. The molecule has 0 radical (unpaired) electrons. The number of para-hydroxylation sites is 1. The van der Waals surface area contributed by atoms with E-state index in [4.69, 9.17) is 4.74 Å². The number of nitrogens with one attached hydrogen (secondary N) is 2. The largest absolute Gasteiger partial charge is 0.491 e. The first-order valence-electron chi connectivity index (χ1n) is 8.04. The van der Waals surface area contributed by atoms with Crippen LogP contribution in [0, 0.1) is 0 Å². The van der Waals surface area contributed by atoms with E-state index in [1.807, 2.05) is 18.2 Å². The molecule has 2 amide bonds. The van der Waals surface area contributed by atoms with Gasteiger partial charge in [0, 0.05) is 6.04 Å². The Morgan fingerprint density at radius 1 is 1.24 bits per heavy atom. The lowest BCUT2D eigenvalue weighted by Gasteiger charge is -2.22. The fourth-order valence-corrected chi connectivity index (χ4v) is 2.75. The number of aryl methyl sites for hydroxylation is 1. The monoisotopic (exact) mass is 290 g/mol. The van der Waals surface area contributed by atoms with Crippen molar-refractivity contribution in [2.75, 3.05) is 13.2 Å². The van der Waals surface area contributed by atoms with Crippen LogP contribution < -0.4 is 15.4 Å². The van der Waals surface area contributed by atoms with Crippen LogP contribution in [-0.2, 0) is 6.42 Å². The minimum absolute atomic E-state index is 0.0747. The van der Waals surface area contributed by atoms with Gasteiger partial charge in [-0.15, -0.1) is 0 Å². The van der Waals surface area contributed by atoms with Gasteiger partial charge in [0.1, 0.15) is 12.4 Å². The molecule has 2 rings (SSSR count). The van der Waals surface area contributed by atoms with Crippen molar-refractivity contribution in [1.82, 2.24) is 10.6 Å². The highest BCUT2D eigenvalue weighted by atomic mass is 16.5. The Morgan fingerprint density at radius 3 is 2.76 bits per heavy atom. The van der Waals surface area contributed by atoms with Crippen molar-refractivity contribution in [1.29, 1.82) is 0 Å². The van der Waals surface area contributed by atoms with E-state index in [1.165, 1.54) is 24.8 Å². The molecule has 4 nitrogen and oxygen atoms in total. The van der Waals surface area contributed by atoms with Crippen LogP contribution in [0.25, 0.3) is 0 Å². The zero-order chi connectivity index (χ0) is 14.9. The molecule has 1 aliphatic carbocycles. The predicted octanol–water partition coefficient (Wildman–Crippen LogP) is 3.26. The van der Waals surface area contributed by atoms with Crippen molar-refractivity contribution < 1.29 is 9.53 Å². The standard InChI is InChI=1S/C17H26N2O2/c1-2-14-8-6-7-11-16(14)21-13-12-18-17(20)19-15-9-4-3-5-10-15/h6-8,11,15H,2-5,9-10,12-13H2,1H3,(H2,18,19,20). The number of ether oxygens (including phenoxy) is 1. The summed E-state index contributed by atoms with van der Waals surface area (Å²) in [5, 5.41) is 5.90. The number of carbonyl (C=O) groups is 1. The third-order valence-corrected chi connectivity index (χ3v) is 3.94. The summed E-state index contributed by atoms with van der Waals surface area (Å²) in [4.78, 5) is 11.8. The third-order valence-electron chi connectivity index (χ3n) is 3.94. The molecule has 1 fully saturated rings. The molecule has 0 heterocycles. The number of urea groups is 1. The van der Waals surface area contributed by atoms with Crippen LogP contribution in [0.4, 0.5) is 4.79 Å². The molecule has 21 heavy (non-hydrogen) atoms. The highest BCUT2D eigenvalue weighted by Crippen LogP contribution is 2.18. The SMILES string of the molecule is CCc1ccccc1OCCNC(=O)NC1CCCCC1. The first-order chi connectivity index (χ1) is 10.3. The van der Waals surface area contributed by atoms with Gasteiger partial charge in [0.2, 0.25) is 0 Å². The molecular formula is C17H26N2O2. The zero-order valence-electron chi connectivity index (χ0n) is 12.9. The minimum Gasteiger partial charge on any atom is -0.491 e. The van der Waals surface area contributed by atoms with E-state index < -0.39 is 0 Å². The van der Waals surface area contributed by atoms with Crippen molar-refractivity contribution >= 4 is 6.03 Å². The second kappa shape index (κ2) is 8.55. The Balaban J connectivity index is 1.63. The number of hydrogen-bond donors (Lipinski definition) is 2. The van der Waals surface area contributed by atoms with Crippen LogP contribution in [0.15, 0.2) is 24.3 Å². The lowest BCUT2D eigenvalue weighted by molar-refractivity contribution is 0.228. The van der Waals surface area contributed by atoms with Crippen LogP contribution in [0.2, 0.25) is 0 Å². The molecule has 1 aromatic rings. The van der Waals surface area contributed by atoms with Crippen molar-refractivity contribution in [3.63, 3.8) is 0 Å². The Morgan fingerprint density at radius 2 is 2.00 bits per heavy atom. The Hall–Kier alpha value is -1.71. The van der Waals surface area contributed by atoms with E-state index >= 15 is 0 Å². The molecule has 116 valence electrons. The predicted molar refractivity (Wildman–Crippen MR) is 84.7 cm³/mol. The van der Waals surface area contributed by atoms with Gasteiger partial charge < -0.3 is 15.4 Å². The molecule has 0 atom stereocenters. The lowest BCUT2D eigenvalue weighted by Crippen LogP contribution is -2.44. The maximum atomic E-state index is 11.8. The van der Waals surface area contributed by atoms with Gasteiger partial charge in [-0.3, -0.25) is 0 Å². The molecule has 0 spiro atoms. The van der Waals surface area contributed by atoms with Crippen molar-refractivity contribution in [2.24, 2.45) is 0 Å². The van der Waals surface area contributed by atoms with Crippen LogP contribution in [0.3, 0.4) is 0 Å². The van der Waals surface area contributed by atoms with Crippen molar-refractivity contribution in [3.05, 3.63) is 29.8 Å². The second-order valence-corrected chi connectivity index (χ2v) is 5.54. The quantitative estimate of drug-likeness (QED) is 0.790. The van der Waals surface area contributed by atoms with Gasteiger partial charge in [0.15, 0.2) is 0 Å². The molecule has 2 N–H and O–H groups in total. The molecule has 0 aromatic heterocycles. The summed E-state index contributed by atoms with van der Waals surface area (Å²) >= 11 is 0. The molecule has 0 aliphatic heterocycles. The summed E-state index contributed by atoms with van der Waals surface area (Å²) in [7, 11) is 0. The van der Waals surface area contributed by atoms with Crippen molar-refractivity contribution in [3.8, 4) is 5.75 Å². The topological polar surface area (TPSA) is 50.4 Å². The summed E-state index contributed by atoms with van der Waals surface area (Å²) in [6.45, 7) is 3.13. The smallest absolute Gasteiger partial charge is 0.315 e. The van der Waals surface area contributed by atoms with E-state index in [1.54, 1.807) is 0 Å². The molecule has 4 heteroatoms. The lowest BCUT2D eigenvalue weighted by atomic mass is 9.96. The van der Waals surface area contributed by atoms with Gasteiger partial charge in [-0.25, -0.2) is 4.79 Å². The van der Waals surface area contributed by atoms with Gasteiger partial charge in [-0.05, 0) is 30.9 Å². The first-order valence-corrected chi connectivity index (χ1v) is 8.04. The average molecular weight is 290 g/mol. The average Bonchev–Trinajstić information content (AvgIpc) is 2.53. The van der Waals surface area contributed by atoms with E-state index in [2.05, 4.69) is 23.6 Å². The van der Waals surface area contributed by atoms with Gasteiger partial charge in [0.25, 0.3) is 0 Å². The molecule has 0 unspecified atom stereocenters. The molecule has 1 aromatic carbocycles. The number of amides is 2. The Labute approximate surface area is 127 Å². The highest BCUT2D eigenvalue weighted by Gasteiger charge is 2.15. The third kappa shape index (κ3) is 5.29. The van der Waals surface area contributed by atoms with E-state index in [0.717, 1.165) is 25.0 Å². The summed E-state index contributed by atoms with van der Waals surface area (Å²) in [6, 6.07) is 8.30. The van der Waals surface area contributed by atoms with Crippen LogP contribution in [0.1, 0.15) is 44.6 Å². The first kappa shape index (κ1) is 15.7. The zero-order valence-corrected chi connectivity index (χ0v) is 12.9. The van der Waals surface area contributed by atoms with Crippen LogP contribution in [-0.4, -0.2) is 25.2 Å². The van der Waals surface area contributed by atoms with Gasteiger partial charge in [-0.2, -0.15) is 0 Å². The Bertz CT molecular complexity index is 442. The Kier molecular flexibility index (Phi) is 6.38. The normalized spacial score (nSPS) is 15.5. The molecule has 0 saturated heterocycles. The molecular weight excluding hydrogens is 264 g/mol. The summed E-state index contributed by atoms with van der Waals surface area (Å²) < 4.78 is 5.73. The fourth-order valence-electron chi connectivity index (χ4n) is 2.75. The fraction of sp³-hybridized carbons (Fsp3) is 0.588. The van der Waals surface area contributed by atoms with Crippen molar-refractivity contribution in [2.45, 2.75) is 51.5 Å². The molecule has 1 aliphatic rings. The van der Waals surface area contributed by atoms with Gasteiger partial charge >= 0.3 is 6.03 Å². The summed E-state index contributed by atoms with van der Waals surface area (Å²) in [5.41, 5.74) is 1.20. The van der Waals surface area contributed by atoms with E-state index in [-0.39, 0.29) is 6.03 Å². The van der Waals surface area contributed by atoms with Gasteiger partial charge in [0.05, 0.1) is 6.54 Å². The minimum atomic E-state index is -0.0747. The molecule has 0 bridgehead atoms. The summed E-state index contributed by atoms with van der Waals surface area (Å²) in [5.74, 6) is 0.912. The van der Waals surface area contributed by atoms with Gasteiger partial charge in [-0.1, -0.05) is 44.4 Å².